The van der Waals surface area contributed by atoms with E-state index in [1.165, 1.54) is 0 Å². The van der Waals surface area contributed by atoms with E-state index >= 15 is 0 Å². The van der Waals surface area contributed by atoms with Gasteiger partial charge in [0.25, 0.3) is 5.91 Å². The van der Waals surface area contributed by atoms with Crippen LogP contribution in [0.15, 0.2) is 30.3 Å². The molecule has 1 aromatic rings. The third kappa shape index (κ3) is 3.13. The number of rotatable bonds is 2. The predicted molar refractivity (Wildman–Crippen MR) is 81.3 cm³/mol. The zero-order valence-corrected chi connectivity index (χ0v) is 12.4. The van der Waals surface area contributed by atoms with Crippen molar-refractivity contribution in [3.63, 3.8) is 0 Å². The minimum absolute atomic E-state index is 0.0158. The number of aliphatic hydroxyl groups excluding tert-OH is 1. The number of hydrogen-bond donors (Lipinski definition) is 2. The van der Waals surface area contributed by atoms with Crippen LogP contribution in [0.4, 0.5) is 0 Å². The van der Waals surface area contributed by atoms with E-state index in [-0.39, 0.29) is 17.9 Å². The van der Waals surface area contributed by atoms with Gasteiger partial charge < -0.3 is 20.2 Å². The molecule has 1 aromatic carbocycles. The van der Waals surface area contributed by atoms with Gasteiger partial charge in [-0.15, -0.1) is 0 Å². The van der Waals surface area contributed by atoms with E-state index in [4.69, 9.17) is 0 Å². The molecule has 2 saturated heterocycles. The summed E-state index contributed by atoms with van der Waals surface area (Å²) in [6, 6.07) is 8.92. The van der Waals surface area contributed by atoms with Gasteiger partial charge >= 0.3 is 0 Å². The fourth-order valence-electron chi connectivity index (χ4n) is 3.02. The van der Waals surface area contributed by atoms with E-state index in [9.17, 15) is 14.7 Å². The van der Waals surface area contributed by atoms with E-state index in [0.717, 1.165) is 0 Å². The molecule has 2 fully saturated rings. The molecule has 3 rings (SSSR count). The highest BCUT2D eigenvalue weighted by Gasteiger charge is 2.33. The van der Waals surface area contributed by atoms with Crippen molar-refractivity contribution in [3.8, 4) is 0 Å². The summed E-state index contributed by atoms with van der Waals surface area (Å²) < 4.78 is 0. The number of carbonyl (C=O) groups is 2. The molecular weight excluding hydrogens is 282 g/mol. The van der Waals surface area contributed by atoms with Gasteiger partial charge in [-0.25, -0.2) is 0 Å². The van der Waals surface area contributed by atoms with Crippen molar-refractivity contribution in [1.29, 1.82) is 0 Å². The lowest BCUT2D eigenvalue weighted by Gasteiger charge is -2.36. The van der Waals surface area contributed by atoms with Gasteiger partial charge in [0.1, 0.15) is 0 Å². The van der Waals surface area contributed by atoms with Crippen molar-refractivity contribution in [2.45, 2.75) is 18.6 Å². The maximum absolute atomic E-state index is 12.4. The molecule has 2 amide bonds. The molecule has 6 heteroatoms. The van der Waals surface area contributed by atoms with Crippen LogP contribution in [-0.4, -0.2) is 71.6 Å². The Balaban J connectivity index is 1.54. The fraction of sp³-hybridized carbons (Fsp3) is 0.500. The number of amides is 2. The van der Waals surface area contributed by atoms with Crippen molar-refractivity contribution in [2.24, 2.45) is 0 Å². The van der Waals surface area contributed by atoms with Gasteiger partial charge in [0.15, 0.2) is 0 Å². The first-order chi connectivity index (χ1) is 10.6. The van der Waals surface area contributed by atoms with Crippen LogP contribution in [0.1, 0.15) is 16.8 Å². The minimum atomic E-state index is -0.435. The summed E-state index contributed by atoms with van der Waals surface area (Å²) in [6.45, 7) is 2.67. The second kappa shape index (κ2) is 6.46. The molecule has 6 nitrogen and oxygen atoms in total. The van der Waals surface area contributed by atoms with Crippen LogP contribution in [0.3, 0.4) is 0 Å². The number of nitrogens with zero attached hydrogens (tertiary/aromatic N) is 2. The smallest absolute Gasteiger partial charge is 0.253 e. The topological polar surface area (TPSA) is 72.9 Å². The number of benzene rings is 1. The Morgan fingerprint density at radius 3 is 2.27 bits per heavy atom. The second-order valence-electron chi connectivity index (χ2n) is 5.83. The van der Waals surface area contributed by atoms with Crippen LogP contribution in [0.25, 0.3) is 0 Å². The molecule has 0 saturated carbocycles. The summed E-state index contributed by atoms with van der Waals surface area (Å²) in [5, 5.41) is 12.5. The molecule has 2 aliphatic rings. The maximum atomic E-state index is 12.4. The van der Waals surface area contributed by atoms with Crippen LogP contribution < -0.4 is 5.32 Å². The van der Waals surface area contributed by atoms with Gasteiger partial charge in [-0.3, -0.25) is 9.59 Å². The lowest BCUT2D eigenvalue weighted by Crippen LogP contribution is -2.54. The molecule has 0 radical (unpaired) electrons. The summed E-state index contributed by atoms with van der Waals surface area (Å²) in [5.74, 6) is 0.0467. The Hall–Kier alpha value is -1.92. The quantitative estimate of drug-likeness (QED) is 0.786. The minimum Gasteiger partial charge on any atom is -0.392 e. The van der Waals surface area contributed by atoms with Crippen LogP contribution in [0.5, 0.6) is 0 Å². The molecule has 2 aliphatic heterocycles. The van der Waals surface area contributed by atoms with Gasteiger partial charge in [-0.05, 0) is 18.6 Å². The Bertz CT molecular complexity index is 541. The normalized spacial score (nSPS) is 25.3. The van der Waals surface area contributed by atoms with Crippen LogP contribution in [0, 0.1) is 0 Å². The van der Waals surface area contributed by atoms with Crippen LogP contribution in [0.2, 0.25) is 0 Å². The van der Waals surface area contributed by atoms with Crippen molar-refractivity contribution < 1.29 is 14.7 Å². The number of β-amino-alcohol motifs (C(OH)–C–C–N with tert-alkyl or cyclic N) is 1. The lowest BCUT2D eigenvalue weighted by atomic mass is 10.1. The van der Waals surface area contributed by atoms with Gasteiger partial charge in [0.2, 0.25) is 5.91 Å². The second-order valence-corrected chi connectivity index (χ2v) is 5.83. The fourth-order valence-corrected chi connectivity index (χ4v) is 3.02. The Kier molecular flexibility index (Phi) is 4.40. The summed E-state index contributed by atoms with van der Waals surface area (Å²) in [6.07, 6.45) is 0.0389. The largest absolute Gasteiger partial charge is 0.392 e. The lowest BCUT2D eigenvalue weighted by molar-refractivity contribution is -0.134. The molecule has 2 heterocycles. The third-order valence-electron chi connectivity index (χ3n) is 4.31. The van der Waals surface area contributed by atoms with Gasteiger partial charge in [-0.2, -0.15) is 0 Å². The van der Waals surface area contributed by atoms with Crippen molar-refractivity contribution in [3.05, 3.63) is 35.9 Å². The highest BCUT2D eigenvalue weighted by Crippen LogP contribution is 2.13. The molecule has 118 valence electrons. The van der Waals surface area contributed by atoms with Crippen LogP contribution in [-0.2, 0) is 4.79 Å². The summed E-state index contributed by atoms with van der Waals surface area (Å²) in [4.78, 5) is 28.3. The van der Waals surface area contributed by atoms with Crippen molar-refractivity contribution in [2.75, 3.05) is 32.7 Å². The highest BCUT2D eigenvalue weighted by molar-refractivity contribution is 5.94. The molecule has 0 spiro atoms. The molecule has 0 aromatic heterocycles. The van der Waals surface area contributed by atoms with Crippen LogP contribution >= 0.6 is 0 Å². The van der Waals surface area contributed by atoms with Crippen molar-refractivity contribution >= 4 is 11.8 Å². The standard InChI is InChI=1S/C16H21N3O3/c20-13-10-14(17-11-13)16(22)19-8-6-18(7-9-19)15(21)12-4-2-1-3-5-12/h1-5,13-14,17,20H,6-11H2. The Labute approximate surface area is 129 Å². The number of piperazine rings is 1. The van der Waals surface area contributed by atoms with E-state index in [1.54, 1.807) is 9.80 Å². The molecule has 2 N–H and O–H groups in total. The number of carbonyl (C=O) groups excluding carboxylic acids is 2. The third-order valence-corrected chi connectivity index (χ3v) is 4.31. The van der Waals surface area contributed by atoms with E-state index in [0.29, 0.717) is 44.7 Å². The average Bonchev–Trinajstić information content (AvgIpc) is 3.01. The SMILES string of the molecule is O=C(c1ccccc1)N1CCN(C(=O)C2CC(O)CN2)CC1. The van der Waals surface area contributed by atoms with Gasteiger partial charge in [0.05, 0.1) is 12.1 Å². The van der Waals surface area contributed by atoms with E-state index in [2.05, 4.69) is 5.32 Å². The highest BCUT2D eigenvalue weighted by atomic mass is 16.3. The average molecular weight is 303 g/mol. The molecular formula is C16H21N3O3. The number of aliphatic hydroxyl groups is 1. The number of hydrogen-bond acceptors (Lipinski definition) is 4. The summed E-state index contributed by atoms with van der Waals surface area (Å²) >= 11 is 0. The van der Waals surface area contributed by atoms with E-state index < -0.39 is 6.10 Å². The monoisotopic (exact) mass is 303 g/mol. The van der Waals surface area contributed by atoms with E-state index in [1.807, 2.05) is 30.3 Å². The van der Waals surface area contributed by atoms with Crippen molar-refractivity contribution in [1.82, 2.24) is 15.1 Å². The van der Waals surface area contributed by atoms with Gasteiger partial charge in [0, 0.05) is 38.3 Å². The first kappa shape index (κ1) is 15.0. The first-order valence-corrected chi connectivity index (χ1v) is 7.69. The predicted octanol–water partition coefficient (Wildman–Crippen LogP) is -0.306. The molecule has 2 atom stereocenters. The maximum Gasteiger partial charge on any atom is 0.253 e. The zero-order chi connectivity index (χ0) is 15.5. The first-order valence-electron chi connectivity index (χ1n) is 7.69. The Morgan fingerprint density at radius 1 is 1.05 bits per heavy atom. The summed E-state index contributed by atoms with van der Waals surface area (Å²) in [7, 11) is 0. The molecule has 22 heavy (non-hydrogen) atoms. The zero-order valence-electron chi connectivity index (χ0n) is 12.4. The summed E-state index contributed by atoms with van der Waals surface area (Å²) in [5.41, 5.74) is 0.683. The number of nitrogens with one attached hydrogen (secondary N) is 1. The van der Waals surface area contributed by atoms with Gasteiger partial charge in [-0.1, -0.05) is 18.2 Å². The molecule has 2 unspecified atom stereocenters. The molecule has 0 aliphatic carbocycles. The molecule has 0 bridgehead atoms. The Morgan fingerprint density at radius 2 is 1.68 bits per heavy atom.